The van der Waals surface area contributed by atoms with Crippen molar-refractivity contribution in [3.05, 3.63) is 10.4 Å². The molecule has 2 aliphatic rings. The van der Waals surface area contributed by atoms with Crippen molar-refractivity contribution in [3.8, 4) is 0 Å². The zero-order chi connectivity index (χ0) is 19.7. The number of nitrogens with two attached hydrogens (primary N) is 2. The number of thiophene rings is 1. The highest BCUT2D eigenvalue weighted by atomic mass is 32.1. The van der Waals surface area contributed by atoms with Gasteiger partial charge in [0.2, 0.25) is 5.91 Å². The van der Waals surface area contributed by atoms with E-state index in [1.807, 2.05) is 13.8 Å². The van der Waals surface area contributed by atoms with Gasteiger partial charge < -0.3 is 21.7 Å². The number of carbonyl (C=O) groups excluding carboxylic acids is 2. The highest BCUT2D eigenvalue weighted by Gasteiger charge is 2.42. The summed E-state index contributed by atoms with van der Waals surface area (Å²) in [5, 5.41) is 3.52. The van der Waals surface area contributed by atoms with E-state index in [1.54, 1.807) is 11.3 Å². The van der Waals surface area contributed by atoms with Crippen LogP contribution in [-0.4, -0.2) is 54.5 Å². The fourth-order valence-corrected chi connectivity index (χ4v) is 5.57. The largest absolute Gasteiger partial charge is 0.396 e. The van der Waals surface area contributed by atoms with Crippen LogP contribution in [0.25, 0.3) is 0 Å². The van der Waals surface area contributed by atoms with Crippen LogP contribution < -0.4 is 16.8 Å². The van der Waals surface area contributed by atoms with E-state index in [1.165, 1.54) is 15.3 Å². The fourth-order valence-electron chi connectivity index (χ4n) is 4.50. The lowest BCUT2D eigenvalue weighted by molar-refractivity contribution is -0.135. The third kappa shape index (κ3) is 3.78. The molecule has 7 nitrogen and oxygen atoms in total. The summed E-state index contributed by atoms with van der Waals surface area (Å²) in [5.41, 5.74) is 14.1. The second kappa shape index (κ2) is 8.06. The minimum Gasteiger partial charge on any atom is -0.396 e. The Hall–Kier alpha value is -1.80. The van der Waals surface area contributed by atoms with Crippen molar-refractivity contribution in [2.45, 2.75) is 45.6 Å². The van der Waals surface area contributed by atoms with Crippen molar-refractivity contribution < 1.29 is 9.59 Å². The van der Waals surface area contributed by atoms with Gasteiger partial charge in [-0.2, -0.15) is 0 Å². The van der Waals surface area contributed by atoms with E-state index < -0.39 is 0 Å². The number of nitrogen functional groups attached to an aromatic ring is 2. The summed E-state index contributed by atoms with van der Waals surface area (Å²) < 4.78 is 0. The van der Waals surface area contributed by atoms with Gasteiger partial charge in [0.05, 0.1) is 11.6 Å². The first-order chi connectivity index (χ1) is 12.9. The van der Waals surface area contributed by atoms with Gasteiger partial charge in [0.25, 0.3) is 0 Å². The second-order valence-electron chi connectivity index (χ2n) is 7.70. The number of piperidine rings is 1. The number of nitrogens with one attached hydrogen (secondary N) is 1. The van der Waals surface area contributed by atoms with Crippen LogP contribution in [0.1, 0.15) is 37.1 Å². The molecule has 3 rings (SSSR count). The molecule has 1 fully saturated rings. The Balaban J connectivity index is 1.74. The number of imide groups is 1. The first kappa shape index (κ1) is 19.9. The van der Waals surface area contributed by atoms with Crippen molar-refractivity contribution in [1.29, 1.82) is 0 Å². The smallest absolute Gasteiger partial charge is 0.324 e. The van der Waals surface area contributed by atoms with Gasteiger partial charge in [-0.1, -0.05) is 6.92 Å². The first-order valence-corrected chi connectivity index (χ1v) is 10.6. The maximum atomic E-state index is 13.1. The van der Waals surface area contributed by atoms with Crippen LogP contribution in [0.3, 0.4) is 0 Å². The molecular weight excluding hydrogens is 362 g/mol. The fraction of sp³-hybridized carbons (Fsp3) is 0.684. The van der Waals surface area contributed by atoms with Gasteiger partial charge in [0.1, 0.15) is 5.00 Å². The van der Waals surface area contributed by atoms with Crippen LogP contribution >= 0.6 is 11.3 Å². The number of likely N-dealkylation sites (tertiary alicyclic amines) is 1. The first-order valence-electron chi connectivity index (χ1n) is 9.82. The normalized spacial score (nSPS) is 24.8. The minimum atomic E-state index is -0.282. The van der Waals surface area contributed by atoms with E-state index >= 15 is 0 Å². The van der Waals surface area contributed by atoms with Gasteiger partial charge in [-0.3, -0.25) is 9.69 Å². The standard InChI is InChI=1S/C19H31N5O2S/c1-4-6-22-19(26)24(5-2)18(25)12-7-11-8-13-15(27-17(21)16(13)20)9-14(11)23(3)10-12/h11-12,14H,4-10,20-21H2,1-3H3,(H,22,26)/t11-,12-,14-/m1/s1. The Morgan fingerprint density at radius 2 is 2.04 bits per heavy atom. The molecule has 27 heavy (non-hydrogen) atoms. The van der Waals surface area contributed by atoms with Gasteiger partial charge in [-0.25, -0.2) is 4.79 Å². The molecule has 8 heteroatoms. The minimum absolute atomic E-state index is 0.0694. The van der Waals surface area contributed by atoms with Crippen molar-refractivity contribution in [3.63, 3.8) is 0 Å². The lowest BCUT2D eigenvalue weighted by atomic mass is 9.74. The summed E-state index contributed by atoms with van der Waals surface area (Å²) in [6.45, 7) is 5.50. The number of fused-ring (bicyclic) bond motifs is 2. The molecule has 0 aromatic carbocycles. The monoisotopic (exact) mass is 393 g/mol. The number of nitrogens with zero attached hydrogens (tertiary/aromatic N) is 2. The molecule has 0 saturated carbocycles. The number of hydrogen-bond donors (Lipinski definition) is 3. The Kier molecular flexibility index (Phi) is 5.95. The molecule has 2 heterocycles. The molecule has 0 unspecified atom stereocenters. The average molecular weight is 394 g/mol. The van der Waals surface area contributed by atoms with Crippen LogP contribution in [0, 0.1) is 11.8 Å². The summed E-state index contributed by atoms with van der Waals surface area (Å²) in [5.74, 6) is 0.126. The van der Waals surface area contributed by atoms with Gasteiger partial charge in [0, 0.05) is 30.6 Å². The van der Waals surface area contributed by atoms with Crippen molar-refractivity contribution >= 4 is 34.0 Å². The summed E-state index contributed by atoms with van der Waals surface area (Å²) in [7, 11) is 2.08. The maximum Gasteiger partial charge on any atom is 0.324 e. The molecule has 0 spiro atoms. The molecule has 1 aliphatic carbocycles. The number of likely N-dealkylation sites (N-methyl/N-ethyl adjacent to an activating group) is 1. The predicted molar refractivity (Wildman–Crippen MR) is 110 cm³/mol. The molecule has 3 amide bonds. The third-order valence-electron chi connectivity index (χ3n) is 5.93. The van der Waals surface area contributed by atoms with Gasteiger partial charge in [-0.05, 0) is 51.1 Å². The molecule has 1 aromatic rings. The van der Waals surface area contributed by atoms with E-state index in [-0.39, 0.29) is 17.9 Å². The summed E-state index contributed by atoms with van der Waals surface area (Å²) >= 11 is 1.60. The van der Waals surface area contributed by atoms with Crippen molar-refractivity contribution in [2.24, 2.45) is 11.8 Å². The summed E-state index contributed by atoms with van der Waals surface area (Å²) in [6.07, 6.45) is 3.45. The SMILES string of the molecule is CCCNC(=O)N(CC)C(=O)[C@@H]1C[C@@H]2Cc3c(sc(N)c3N)C[C@H]2N(C)C1. The van der Waals surface area contributed by atoms with Gasteiger partial charge in [0.15, 0.2) is 0 Å². The van der Waals surface area contributed by atoms with Crippen LogP contribution in [-0.2, 0) is 17.6 Å². The molecule has 1 saturated heterocycles. The van der Waals surface area contributed by atoms with E-state index in [0.717, 1.165) is 31.4 Å². The Morgan fingerprint density at radius 1 is 1.30 bits per heavy atom. The Labute approximate surface area is 165 Å². The Morgan fingerprint density at radius 3 is 2.70 bits per heavy atom. The van der Waals surface area contributed by atoms with Gasteiger partial charge >= 0.3 is 6.03 Å². The molecule has 3 atom stereocenters. The maximum absolute atomic E-state index is 13.1. The van der Waals surface area contributed by atoms with Gasteiger partial charge in [-0.15, -0.1) is 11.3 Å². The van der Waals surface area contributed by atoms with Crippen LogP contribution in [0.5, 0.6) is 0 Å². The number of hydrogen-bond acceptors (Lipinski definition) is 6. The lowest BCUT2D eigenvalue weighted by Crippen LogP contribution is -2.55. The number of anilines is 2. The van der Waals surface area contributed by atoms with E-state index in [0.29, 0.717) is 36.6 Å². The zero-order valence-electron chi connectivity index (χ0n) is 16.5. The molecular formula is C19H31N5O2S. The second-order valence-corrected chi connectivity index (χ2v) is 8.84. The van der Waals surface area contributed by atoms with Crippen molar-refractivity contribution in [2.75, 3.05) is 38.1 Å². The number of carbonyl (C=O) groups is 2. The quantitative estimate of drug-likeness (QED) is 0.725. The number of urea groups is 1. The predicted octanol–water partition coefficient (Wildman–Crippen LogP) is 1.92. The highest BCUT2D eigenvalue weighted by molar-refractivity contribution is 7.16. The van der Waals surface area contributed by atoms with E-state index in [4.69, 9.17) is 11.5 Å². The Bertz CT molecular complexity index is 719. The average Bonchev–Trinajstić information content (AvgIpc) is 2.92. The molecule has 1 aromatic heterocycles. The molecule has 0 bridgehead atoms. The van der Waals surface area contributed by atoms with Crippen molar-refractivity contribution in [1.82, 2.24) is 15.1 Å². The highest BCUT2D eigenvalue weighted by Crippen LogP contribution is 2.44. The lowest BCUT2D eigenvalue weighted by Gasteiger charge is -2.45. The summed E-state index contributed by atoms with van der Waals surface area (Å²) in [6, 6.07) is 0.123. The zero-order valence-corrected chi connectivity index (χ0v) is 17.3. The topological polar surface area (TPSA) is 105 Å². The summed E-state index contributed by atoms with van der Waals surface area (Å²) in [4.78, 5) is 30.3. The molecule has 0 radical (unpaired) electrons. The molecule has 150 valence electrons. The number of amides is 3. The van der Waals surface area contributed by atoms with E-state index in [2.05, 4.69) is 17.3 Å². The third-order valence-corrected chi connectivity index (χ3v) is 7.03. The van der Waals surface area contributed by atoms with Crippen LogP contribution in [0.15, 0.2) is 0 Å². The molecule has 1 aliphatic heterocycles. The van der Waals surface area contributed by atoms with Crippen LogP contribution in [0.4, 0.5) is 15.5 Å². The number of rotatable bonds is 4. The molecule has 5 N–H and O–H groups in total. The van der Waals surface area contributed by atoms with Crippen LogP contribution in [0.2, 0.25) is 0 Å². The van der Waals surface area contributed by atoms with E-state index in [9.17, 15) is 9.59 Å².